The van der Waals surface area contributed by atoms with Crippen LogP contribution in [-0.4, -0.2) is 33.6 Å². The van der Waals surface area contributed by atoms with Gasteiger partial charge in [0.1, 0.15) is 5.15 Å². The van der Waals surface area contributed by atoms with Gasteiger partial charge in [0.25, 0.3) is 5.91 Å². The summed E-state index contributed by atoms with van der Waals surface area (Å²) in [5.41, 5.74) is 2.16. The summed E-state index contributed by atoms with van der Waals surface area (Å²) in [4.78, 5) is 23.8. The Morgan fingerprint density at radius 3 is 2.72 bits per heavy atom. The number of ether oxygens (including phenoxy) is 2. The molecule has 0 N–H and O–H groups in total. The summed E-state index contributed by atoms with van der Waals surface area (Å²) in [5, 5.41) is 1.31. The maximum atomic E-state index is 13.3. The van der Waals surface area contributed by atoms with E-state index >= 15 is 0 Å². The first-order valence-electron chi connectivity index (χ1n) is 9.79. The molecule has 2 aromatic heterocycles. The molecule has 1 amide bonds. The molecule has 0 saturated heterocycles. The quantitative estimate of drug-likeness (QED) is 0.589. The minimum absolute atomic E-state index is 0.0214. The zero-order valence-electron chi connectivity index (χ0n) is 15.8. The minimum Gasteiger partial charge on any atom is -0.454 e. The minimum atomic E-state index is -0.0214. The van der Waals surface area contributed by atoms with Crippen molar-refractivity contribution in [3.63, 3.8) is 0 Å². The van der Waals surface area contributed by atoms with Crippen LogP contribution in [0.1, 0.15) is 41.6 Å². The van der Waals surface area contributed by atoms with Crippen molar-refractivity contribution in [1.29, 1.82) is 0 Å². The molecule has 29 heavy (non-hydrogen) atoms. The molecule has 1 fully saturated rings. The smallest absolute Gasteiger partial charge is 0.255 e. The predicted molar refractivity (Wildman–Crippen MR) is 109 cm³/mol. The van der Waals surface area contributed by atoms with Gasteiger partial charge in [-0.2, -0.15) is 0 Å². The van der Waals surface area contributed by atoms with Crippen molar-refractivity contribution >= 4 is 28.4 Å². The van der Waals surface area contributed by atoms with Crippen LogP contribution in [0.4, 0.5) is 0 Å². The molecule has 0 atom stereocenters. The van der Waals surface area contributed by atoms with Gasteiger partial charge in [-0.3, -0.25) is 9.78 Å². The molecule has 1 aromatic carbocycles. The fourth-order valence-electron chi connectivity index (χ4n) is 4.12. The Kier molecular flexibility index (Phi) is 4.72. The molecule has 5 rings (SSSR count). The Morgan fingerprint density at radius 2 is 1.97 bits per heavy atom. The number of aromatic nitrogens is 2. The van der Waals surface area contributed by atoms with Crippen molar-refractivity contribution in [1.82, 2.24) is 14.9 Å². The molecule has 0 bridgehead atoms. The van der Waals surface area contributed by atoms with Gasteiger partial charge in [-0.25, -0.2) is 4.98 Å². The molecule has 1 saturated carbocycles. The van der Waals surface area contributed by atoms with E-state index in [1.165, 1.54) is 0 Å². The number of carbonyl (C=O) groups is 1. The van der Waals surface area contributed by atoms with Gasteiger partial charge >= 0.3 is 0 Å². The summed E-state index contributed by atoms with van der Waals surface area (Å²) in [6, 6.07) is 9.53. The summed E-state index contributed by atoms with van der Waals surface area (Å²) in [6.07, 6.45) is 7.56. The number of carbonyl (C=O) groups excluding carboxylic acids is 1. The number of halogens is 1. The highest BCUT2D eigenvalue weighted by atomic mass is 35.5. The van der Waals surface area contributed by atoms with Crippen LogP contribution in [0.2, 0.25) is 5.15 Å². The Morgan fingerprint density at radius 1 is 1.17 bits per heavy atom. The van der Waals surface area contributed by atoms with E-state index in [2.05, 4.69) is 9.97 Å². The second kappa shape index (κ2) is 7.52. The van der Waals surface area contributed by atoms with Crippen LogP contribution < -0.4 is 9.47 Å². The van der Waals surface area contributed by atoms with E-state index in [0.29, 0.717) is 28.8 Å². The van der Waals surface area contributed by atoms with Crippen LogP contribution in [0.5, 0.6) is 11.5 Å². The number of benzene rings is 1. The number of fused-ring (bicyclic) bond motifs is 2. The number of amides is 1. The molecule has 0 radical (unpaired) electrons. The lowest BCUT2D eigenvalue weighted by atomic mass is 10.1. The molecule has 3 aromatic rings. The Hall–Kier alpha value is -2.86. The first kappa shape index (κ1) is 18.2. The van der Waals surface area contributed by atoms with Crippen LogP contribution >= 0.6 is 11.6 Å². The Bertz CT molecular complexity index is 1070. The fourth-order valence-corrected chi connectivity index (χ4v) is 4.32. The van der Waals surface area contributed by atoms with Gasteiger partial charge in [0.05, 0.1) is 11.1 Å². The van der Waals surface area contributed by atoms with Gasteiger partial charge in [-0.05, 0) is 37.1 Å². The highest BCUT2D eigenvalue weighted by Crippen LogP contribution is 2.37. The van der Waals surface area contributed by atoms with Crippen LogP contribution in [0.3, 0.4) is 0 Å². The molecule has 6 nitrogen and oxygen atoms in total. The van der Waals surface area contributed by atoms with Crippen molar-refractivity contribution in [2.45, 2.75) is 38.3 Å². The average Bonchev–Trinajstić information content (AvgIpc) is 3.42. The lowest BCUT2D eigenvalue weighted by molar-refractivity contribution is 0.0664. The zero-order chi connectivity index (χ0) is 19.8. The van der Waals surface area contributed by atoms with Gasteiger partial charge in [0, 0.05) is 42.0 Å². The second-order valence-electron chi connectivity index (χ2n) is 7.45. The number of pyridine rings is 2. The topological polar surface area (TPSA) is 64.6 Å². The fraction of sp³-hybridized carbons (Fsp3) is 0.318. The molecule has 2 aliphatic rings. The third kappa shape index (κ3) is 3.49. The molecular weight excluding hydrogens is 390 g/mol. The summed E-state index contributed by atoms with van der Waals surface area (Å²) >= 11 is 6.52. The van der Waals surface area contributed by atoms with Gasteiger partial charge in [0.15, 0.2) is 11.5 Å². The number of hydrogen-bond donors (Lipinski definition) is 0. The van der Waals surface area contributed by atoms with Gasteiger partial charge in [-0.1, -0.05) is 24.4 Å². The largest absolute Gasteiger partial charge is 0.454 e. The van der Waals surface area contributed by atoms with E-state index in [1.54, 1.807) is 24.5 Å². The van der Waals surface area contributed by atoms with Crippen molar-refractivity contribution in [3.05, 3.63) is 59.0 Å². The molecule has 7 heteroatoms. The summed E-state index contributed by atoms with van der Waals surface area (Å²) in [5.74, 6) is 1.35. The van der Waals surface area contributed by atoms with Crippen molar-refractivity contribution in [2.75, 3.05) is 6.79 Å². The van der Waals surface area contributed by atoms with Gasteiger partial charge in [0.2, 0.25) is 6.79 Å². The summed E-state index contributed by atoms with van der Waals surface area (Å²) < 4.78 is 10.9. The third-order valence-electron chi connectivity index (χ3n) is 5.61. The number of hydrogen-bond acceptors (Lipinski definition) is 5. The van der Waals surface area contributed by atoms with E-state index in [1.807, 2.05) is 23.1 Å². The van der Waals surface area contributed by atoms with Crippen molar-refractivity contribution in [2.24, 2.45) is 0 Å². The predicted octanol–water partition coefficient (Wildman–Crippen LogP) is 4.60. The maximum Gasteiger partial charge on any atom is 0.255 e. The highest BCUT2D eigenvalue weighted by molar-refractivity contribution is 6.30. The molecule has 1 aliphatic heterocycles. The summed E-state index contributed by atoms with van der Waals surface area (Å²) in [7, 11) is 0. The molecule has 0 spiro atoms. The second-order valence-corrected chi connectivity index (χ2v) is 7.81. The van der Waals surface area contributed by atoms with E-state index in [4.69, 9.17) is 21.1 Å². The molecule has 0 unspecified atom stereocenters. The molecule has 3 heterocycles. The van der Waals surface area contributed by atoms with Crippen LogP contribution in [0.25, 0.3) is 10.9 Å². The SMILES string of the molecule is O=C(c1cccnc1)N(Cc1cc2cc3c(cc2nc1Cl)OCO3)C1CCCC1. The normalized spacial score (nSPS) is 15.8. The number of rotatable bonds is 4. The average molecular weight is 410 g/mol. The van der Waals surface area contributed by atoms with Gasteiger partial charge in [-0.15, -0.1) is 0 Å². The molecular formula is C22H20ClN3O3. The third-order valence-corrected chi connectivity index (χ3v) is 5.94. The van der Waals surface area contributed by atoms with E-state index in [0.717, 1.165) is 42.1 Å². The number of nitrogens with zero attached hydrogens (tertiary/aromatic N) is 3. The Labute approximate surface area is 173 Å². The van der Waals surface area contributed by atoms with E-state index < -0.39 is 0 Å². The van der Waals surface area contributed by atoms with E-state index in [9.17, 15) is 4.79 Å². The standard InChI is InChI=1S/C22H20ClN3O3/c23-21-16(8-15-9-19-20(29-13-28-19)10-18(15)25-21)12-26(17-5-1-2-6-17)22(27)14-4-3-7-24-11-14/h3-4,7-11,17H,1-2,5-6,12-13H2. The molecule has 148 valence electrons. The van der Waals surface area contributed by atoms with E-state index in [-0.39, 0.29) is 18.7 Å². The highest BCUT2D eigenvalue weighted by Gasteiger charge is 2.28. The zero-order valence-corrected chi connectivity index (χ0v) is 16.6. The van der Waals surface area contributed by atoms with Crippen molar-refractivity contribution < 1.29 is 14.3 Å². The van der Waals surface area contributed by atoms with Crippen molar-refractivity contribution in [3.8, 4) is 11.5 Å². The van der Waals surface area contributed by atoms with Crippen LogP contribution in [0.15, 0.2) is 42.7 Å². The van der Waals surface area contributed by atoms with Crippen LogP contribution in [-0.2, 0) is 6.54 Å². The van der Waals surface area contributed by atoms with Crippen LogP contribution in [0, 0.1) is 0 Å². The maximum absolute atomic E-state index is 13.3. The lowest BCUT2D eigenvalue weighted by Crippen LogP contribution is -2.38. The monoisotopic (exact) mass is 409 g/mol. The Balaban J connectivity index is 1.51. The molecule has 1 aliphatic carbocycles. The first-order valence-corrected chi connectivity index (χ1v) is 10.2. The van der Waals surface area contributed by atoms with Gasteiger partial charge < -0.3 is 14.4 Å². The first-order chi connectivity index (χ1) is 14.2. The summed E-state index contributed by atoms with van der Waals surface area (Å²) in [6.45, 7) is 0.621. The lowest BCUT2D eigenvalue weighted by Gasteiger charge is -2.29.